The van der Waals surface area contributed by atoms with Crippen LogP contribution in [0.4, 0.5) is 0 Å². The molecule has 10 heteroatoms. The second-order valence-electron chi connectivity index (χ2n) is 9.64. The number of amides is 3. The Labute approximate surface area is 211 Å². The minimum atomic E-state index is -0.457. The van der Waals surface area contributed by atoms with E-state index in [1.54, 1.807) is 6.92 Å². The van der Waals surface area contributed by atoms with Crippen LogP contribution in [-0.2, 0) is 19.2 Å². The molecule has 0 aliphatic carbocycles. The first-order valence-corrected chi connectivity index (χ1v) is 11.6. The van der Waals surface area contributed by atoms with Gasteiger partial charge in [-0.15, -0.1) is 0 Å². The summed E-state index contributed by atoms with van der Waals surface area (Å²) in [4.78, 5) is 44.1. The van der Waals surface area contributed by atoms with Gasteiger partial charge in [-0.2, -0.15) is 0 Å². The van der Waals surface area contributed by atoms with E-state index >= 15 is 0 Å². The number of likely N-dealkylation sites (tertiary alicyclic amines) is 1. The number of carbonyl (C=O) groups is 4. The van der Waals surface area contributed by atoms with Gasteiger partial charge in [0.05, 0.1) is 6.04 Å². The maximum absolute atomic E-state index is 12.0. The highest BCUT2D eigenvalue weighted by Gasteiger charge is 2.31. The lowest BCUT2D eigenvalue weighted by Gasteiger charge is -2.23. The number of rotatable bonds is 10. The van der Waals surface area contributed by atoms with E-state index in [0.717, 1.165) is 19.5 Å². The number of nitrogens with one attached hydrogen (secondary N) is 2. The Kier molecular flexibility index (Phi) is 20.7. The van der Waals surface area contributed by atoms with Gasteiger partial charge in [-0.3, -0.25) is 14.4 Å². The van der Waals surface area contributed by atoms with Gasteiger partial charge in [-0.1, -0.05) is 42.0 Å². The quantitative estimate of drug-likeness (QED) is 0.290. The largest absolute Gasteiger partial charge is 0.369 e. The summed E-state index contributed by atoms with van der Waals surface area (Å²) in [6, 6.07) is -0.724. The van der Waals surface area contributed by atoms with E-state index in [2.05, 4.69) is 19.2 Å². The Morgan fingerprint density at radius 2 is 1.65 bits per heavy atom. The molecule has 208 valence electrons. The van der Waals surface area contributed by atoms with E-state index in [9.17, 15) is 14.4 Å². The topological polar surface area (TPSA) is 168 Å². The number of hydrogen-bond donors (Lipinski definition) is 5. The summed E-state index contributed by atoms with van der Waals surface area (Å²) in [5.41, 5.74) is 13.0. The third kappa shape index (κ3) is 15.0. The molecular formula is C24H57N5O5. The monoisotopic (exact) mass is 495 g/mol. The van der Waals surface area contributed by atoms with Crippen LogP contribution in [0.15, 0.2) is 0 Å². The molecule has 0 bridgehead atoms. The molecule has 1 saturated heterocycles. The molecule has 0 radical (unpaired) electrons. The van der Waals surface area contributed by atoms with Gasteiger partial charge >= 0.3 is 0 Å². The fraction of sp³-hybridized carbons (Fsp3) is 0.833. The molecule has 34 heavy (non-hydrogen) atoms. The highest BCUT2D eigenvalue weighted by atomic mass is 16.5. The van der Waals surface area contributed by atoms with Crippen LogP contribution in [0.5, 0.6) is 0 Å². The predicted octanol–water partition coefficient (Wildman–Crippen LogP) is 2.42. The summed E-state index contributed by atoms with van der Waals surface area (Å²) < 4.78 is 0. The average Bonchev–Trinajstić information content (AvgIpc) is 3.23. The van der Waals surface area contributed by atoms with Crippen molar-refractivity contribution < 1.29 is 28.7 Å². The lowest BCUT2D eigenvalue weighted by molar-refractivity contribution is -0.132. The molecule has 1 fully saturated rings. The first kappa shape index (κ1) is 36.5. The molecule has 1 rings (SSSR count). The molecule has 4 atom stereocenters. The van der Waals surface area contributed by atoms with Gasteiger partial charge in [0, 0.05) is 41.8 Å². The Hall–Kier alpha value is -2.04. The zero-order chi connectivity index (χ0) is 26.3. The van der Waals surface area contributed by atoms with Crippen molar-refractivity contribution >= 4 is 24.5 Å². The highest BCUT2D eigenvalue weighted by molar-refractivity contribution is 5.82. The molecule has 0 aromatic rings. The lowest BCUT2D eigenvalue weighted by Crippen LogP contribution is -2.45. The van der Waals surface area contributed by atoms with Crippen LogP contribution in [-0.4, -0.2) is 65.8 Å². The van der Waals surface area contributed by atoms with Gasteiger partial charge in [-0.25, -0.2) is 5.48 Å². The van der Waals surface area contributed by atoms with Crippen molar-refractivity contribution in [1.82, 2.24) is 15.7 Å². The SMILES string of the molecule is C.C=O.CC(C)C1CCN(C(=O)C(N)C(C)C)C1.CC(C)NC(=O)CC(CC(C)C(N)=O)NO.[HH].[HH].[HH]. The summed E-state index contributed by atoms with van der Waals surface area (Å²) in [6.45, 7) is 17.6. The number of nitrogens with two attached hydrogens (primary N) is 2. The van der Waals surface area contributed by atoms with Gasteiger partial charge in [-0.05, 0) is 44.4 Å². The van der Waals surface area contributed by atoms with E-state index in [-0.39, 0.29) is 53.9 Å². The van der Waals surface area contributed by atoms with Gasteiger partial charge in [0.25, 0.3) is 0 Å². The normalized spacial score (nSPS) is 17.5. The van der Waals surface area contributed by atoms with Crippen molar-refractivity contribution in [1.29, 1.82) is 0 Å². The minimum absolute atomic E-state index is 0. The Morgan fingerprint density at radius 3 is 2.00 bits per heavy atom. The summed E-state index contributed by atoms with van der Waals surface area (Å²) in [6.07, 6.45) is 1.58. The zero-order valence-corrected chi connectivity index (χ0v) is 21.5. The minimum Gasteiger partial charge on any atom is -0.369 e. The smallest absolute Gasteiger partial charge is 0.239 e. The second-order valence-corrected chi connectivity index (χ2v) is 9.64. The fourth-order valence-corrected chi connectivity index (χ4v) is 3.36. The van der Waals surface area contributed by atoms with Crippen LogP contribution < -0.4 is 22.3 Å². The Balaban J connectivity index is -0.000000110. The Morgan fingerprint density at radius 1 is 1.12 bits per heavy atom. The molecular weight excluding hydrogens is 438 g/mol. The second kappa shape index (κ2) is 19.3. The van der Waals surface area contributed by atoms with Gasteiger partial charge in [0.15, 0.2) is 0 Å². The third-order valence-corrected chi connectivity index (χ3v) is 5.67. The van der Waals surface area contributed by atoms with Crippen molar-refractivity contribution in [3.8, 4) is 0 Å². The van der Waals surface area contributed by atoms with Gasteiger partial charge < -0.3 is 31.7 Å². The van der Waals surface area contributed by atoms with E-state index in [1.807, 2.05) is 44.9 Å². The zero-order valence-electron chi connectivity index (χ0n) is 21.5. The van der Waals surface area contributed by atoms with Crippen LogP contribution in [0.2, 0.25) is 0 Å². The maximum atomic E-state index is 12.0. The van der Waals surface area contributed by atoms with Crippen molar-refractivity contribution in [2.45, 2.75) is 93.3 Å². The number of primary amides is 1. The summed E-state index contributed by atoms with van der Waals surface area (Å²) >= 11 is 0. The average molecular weight is 496 g/mol. The fourth-order valence-electron chi connectivity index (χ4n) is 3.36. The van der Waals surface area contributed by atoms with Crippen LogP contribution in [0.1, 0.15) is 79.4 Å². The molecule has 0 aromatic heterocycles. The van der Waals surface area contributed by atoms with Crippen molar-refractivity contribution in [2.24, 2.45) is 35.1 Å². The maximum Gasteiger partial charge on any atom is 0.239 e. The van der Waals surface area contributed by atoms with Crippen molar-refractivity contribution in [2.75, 3.05) is 13.1 Å². The summed E-state index contributed by atoms with van der Waals surface area (Å²) in [7, 11) is 0. The van der Waals surface area contributed by atoms with E-state index < -0.39 is 11.9 Å². The standard InChI is InChI=1S/C12H24N2O.C10H21N3O3.CH2O.CH4.3H2/c1-8(2)10-5-6-14(7-10)12(15)11(13)9(3)4;1-6(2)12-9(14)5-8(13-16)4-7(3)10(11)15;1-2;;;;/h8-11H,5-7,13H2,1-4H3;6-8,13,16H,4-5H2,1-3H3,(H2,11,15)(H,12,14);1H2;1H4;3*1H. The van der Waals surface area contributed by atoms with Crippen LogP contribution in [0.25, 0.3) is 0 Å². The summed E-state index contributed by atoms with van der Waals surface area (Å²) in [5, 5.41) is 11.6. The molecule has 1 heterocycles. The van der Waals surface area contributed by atoms with Crippen LogP contribution >= 0.6 is 0 Å². The predicted molar refractivity (Wildman–Crippen MR) is 142 cm³/mol. The molecule has 4 unspecified atom stereocenters. The molecule has 10 nitrogen and oxygen atoms in total. The van der Waals surface area contributed by atoms with E-state index in [1.165, 1.54) is 0 Å². The molecule has 0 spiro atoms. The Bertz CT molecular complexity index is 601. The number of hydroxylamine groups is 1. The first-order valence-electron chi connectivity index (χ1n) is 11.6. The molecule has 1 aliphatic heterocycles. The lowest BCUT2D eigenvalue weighted by atomic mass is 9.95. The van der Waals surface area contributed by atoms with Gasteiger partial charge in [0.1, 0.15) is 6.79 Å². The highest BCUT2D eigenvalue weighted by Crippen LogP contribution is 2.24. The molecule has 0 aromatic carbocycles. The number of nitrogens with zero attached hydrogens (tertiary/aromatic N) is 1. The summed E-state index contributed by atoms with van der Waals surface area (Å²) in [5.74, 6) is 0.703. The molecule has 3 amide bonds. The first-order chi connectivity index (χ1) is 15.3. The molecule has 1 aliphatic rings. The van der Waals surface area contributed by atoms with Gasteiger partial charge in [0.2, 0.25) is 17.7 Å². The number of hydrogen-bond acceptors (Lipinski definition) is 7. The van der Waals surface area contributed by atoms with Crippen molar-refractivity contribution in [3.05, 3.63) is 0 Å². The van der Waals surface area contributed by atoms with Crippen molar-refractivity contribution in [3.63, 3.8) is 0 Å². The molecule has 7 N–H and O–H groups in total. The molecule has 0 saturated carbocycles. The number of carbonyl (C=O) groups excluding carboxylic acids is 4. The van der Waals surface area contributed by atoms with Crippen LogP contribution in [0.3, 0.4) is 0 Å². The van der Waals surface area contributed by atoms with Crippen LogP contribution in [0, 0.1) is 23.7 Å². The third-order valence-electron chi connectivity index (χ3n) is 5.67. The van der Waals surface area contributed by atoms with E-state index in [4.69, 9.17) is 21.5 Å². The van der Waals surface area contributed by atoms with E-state index in [0.29, 0.717) is 18.3 Å².